The fourth-order valence-electron chi connectivity index (χ4n) is 1.42. The standard InChI is InChI=1S/C12H19N3O/c1-8(2)14-11-7-9(13)5-6-10(11)12(16)15(3)4/h5-8,14H,13H2,1-4H3. The van der Waals surface area contributed by atoms with Gasteiger partial charge in [-0.2, -0.15) is 0 Å². The van der Waals surface area contributed by atoms with Crippen LogP contribution in [0.1, 0.15) is 24.2 Å². The number of carbonyl (C=O) groups is 1. The quantitative estimate of drug-likeness (QED) is 0.765. The molecule has 1 amide bonds. The van der Waals surface area contributed by atoms with Crippen molar-refractivity contribution in [2.45, 2.75) is 19.9 Å². The monoisotopic (exact) mass is 221 g/mol. The van der Waals surface area contributed by atoms with Crippen LogP contribution in [-0.4, -0.2) is 30.9 Å². The summed E-state index contributed by atoms with van der Waals surface area (Å²) in [7, 11) is 3.47. The molecule has 0 bridgehead atoms. The van der Waals surface area contributed by atoms with Crippen LogP contribution in [0.4, 0.5) is 11.4 Å². The minimum absolute atomic E-state index is 0.0249. The Morgan fingerprint density at radius 2 is 2.00 bits per heavy atom. The van der Waals surface area contributed by atoms with Gasteiger partial charge in [-0.15, -0.1) is 0 Å². The molecule has 1 aromatic carbocycles. The lowest BCUT2D eigenvalue weighted by Crippen LogP contribution is -2.24. The third-order valence-corrected chi connectivity index (χ3v) is 2.12. The number of amides is 1. The molecule has 0 aromatic heterocycles. The summed E-state index contributed by atoms with van der Waals surface area (Å²) in [6.45, 7) is 4.04. The maximum Gasteiger partial charge on any atom is 0.255 e. The SMILES string of the molecule is CC(C)Nc1cc(N)ccc1C(=O)N(C)C. The molecular weight excluding hydrogens is 202 g/mol. The van der Waals surface area contributed by atoms with Gasteiger partial charge in [0.2, 0.25) is 0 Å². The lowest BCUT2D eigenvalue weighted by molar-refractivity contribution is 0.0828. The molecule has 1 aromatic rings. The number of anilines is 2. The Hall–Kier alpha value is -1.71. The Labute approximate surface area is 96.4 Å². The van der Waals surface area contributed by atoms with Gasteiger partial charge in [0.25, 0.3) is 5.91 Å². The number of nitrogen functional groups attached to an aromatic ring is 1. The summed E-state index contributed by atoms with van der Waals surface area (Å²) in [6.07, 6.45) is 0. The smallest absolute Gasteiger partial charge is 0.255 e. The van der Waals surface area contributed by atoms with Crippen molar-refractivity contribution >= 4 is 17.3 Å². The molecule has 4 heteroatoms. The number of nitrogens with two attached hydrogens (primary N) is 1. The van der Waals surface area contributed by atoms with E-state index in [-0.39, 0.29) is 11.9 Å². The molecule has 0 radical (unpaired) electrons. The minimum Gasteiger partial charge on any atom is -0.399 e. The van der Waals surface area contributed by atoms with Gasteiger partial charge in [0.15, 0.2) is 0 Å². The lowest BCUT2D eigenvalue weighted by Gasteiger charge is -2.17. The number of nitrogens with one attached hydrogen (secondary N) is 1. The van der Waals surface area contributed by atoms with Gasteiger partial charge in [0.05, 0.1) is 5.56 Å². The van der Waals surface area contributed by atoms with Gasteiger partial charge < -0.3 is 16.0 Å². The number of hydrogen-bond donors (Lipinski definition) is 2. The Kier molecular flexibility index (Phi) is 3.77. The third kappa shape index (κ3) is 2.89. The average molecular weight is 221 g/mol. The van der Waals surface area contributed by atoms with E-state index in [9.17, 15) is 4.79 Å². The summed E-state index contributed by atoms with van der Waals surface area (Å²) in [6, 6.07) is 5.54. The Bertz CT molecular complexity index is 386. The molecule has 0 saturated heterocycles. The van der Waals surface area contributed by atoms with E-state index in [4.69, 9.17) is 5.73 Å². The largest absolute Gasteiger partial charge is 0.399 e. The fourth-order valence-corrected chi connectivity index (χ4v) is 1.42. The maximum absolute atomic E-state index is 11.9. The normalized spacial score (nSPS) is 10.3. The molecule has 0 saturated carbocycles. The lowest BCUT2D eigenvalue weighted by atomic mass is 10.1. The molecule has 88 valence electrons. The van der Waals surface area contributed by atoms with Crippen molar-refractivity contribution in [2.75, 3.05) is 25.1 Å². The van der Waals surface area contributed by atoms with Crippen LogP contribution in [0.5, 0.6) is 0 Å². The third-order valence-electron chi connectivity index (χ3n) is 2.12. The zero-order chi connectivity index (χ0) is 12.3. The van der Waals surface area contributed by atoms with E-state index < -0.39 is 0 Å². The summed E-state index contributed by atoms with van der Waals surface area (Å²) < 4.78 is 0. The highest BCUT2D eigenvalue weighted by Gasteiger charge is 2.13. The first kappa shape index (κ1) is 12.4. The van der Waals surface area contributed by atoms with E-state index in [2.05, 4.69) is 5.32 Å². The molecule has 0 atom stereocenters. The molecular formula is C12H19N3O. The van der Waals surface area contributed by atoms with E-state index >= 15 is 0 Å². The molecule has 0 spiro atoms. The number of carbonyl (C=O) groups excluding carboxylic acids is 1. The van der Waals surface area contributed by atoms with E-state index in [1.54, 1.807) is 37.2 Å². The first-order chi connectivity index (χ1) is 7.41. The first-order valence-corrected chi connectivity index (χ1v) is 5.29. The highest BCUT2D eigenvalue weighted by molar-refractivity contribution is 6.00. The van der Waals surface area contributed by atoms with Crippen molar-refractivity contribution in [3.8, 4) is 0 Å². The van der Waals surface area contributed by atoms with Gasteiger partial charge in [-0.3, -0.25) is 4.79 Å². The van der Waals surface area contributed by atoms with Gasteiger partial charge in [-0.25, -0.2) is 0 Å². The topological polar surface area (TPSA) is 58.4 Å². The predicted molar refractivity (Wildman–Crippen MR) is 67.6 cm³/mol. The van der Waals surface area contributed by atoms with Crippen LogP contribution in [0.3, 0.4) is 0 Å². The Balaban J connectivity index is 3.12. The fraction of sp³-hybridized carbons (Fsp3) is 0.417. The molecule has 0 aliphatic heterocycles. The van der Waals surface area contributed by atoms with Crippen molar-refractivity contribution in [3.05, 3.63) is 23.8 Å². The van der Waals surface area contributed by atoms with Gasteiger partial charge in [-0.1, -0.05) is 0 Å². The van der Waals surface area contributed by atoms with Crippen LogP contribution >= 0.6 is 0 Å². The van der Waals surface area contributed by atoms with Crippen LogP contribution in [-0.2, 0) is 0 Å². The van der Waals surface area contributed by atoms with E-state index in [1.807, 2.05) is 13.8 Å². The second kappa shape index (κ2) is 4.88. The molecule has 0 aliphatic carbocycles. The van der Waals surface area contributed by atoms with Gasteiger partial charge >= 0.3 is 0 Å². The highest BCUT2D eigenvalue weighted by atomic mass is 16.2. The molecule has 4 nitrogen and oxygen atoms in total. The van der Waals surface area contributed by atoms with Crippen molar-refractivity contribution in [1.82, 2.24) is 4.90 Å². The van der Waals surface area contributed by atoms with Crippen LogP contribution in [0.25, 0.3) is 0 Å². The predicted octanol–water partition coefficient (Wildman–Crippen LogP) is 1.79. The summed E-state index contributed by atoms with van der Waals surface area (Å²) in [5.74, 6) is -0.0249. The van der Waals surface area contributed by atoms with Crippen molar-refractivity contribution in [2.24, 2.45) is 0 Å². The molecule has 3 N–H and O–H groups in total. The summed E-state index contributed by atoms with van der Waals surface area (Å²) in [4.78, 5) is 13.5. The zero-order valence-electron chi connectivity index (χ0n) is 10.2. The number of benzene rings is 1. The minimum atomic E-state index is -0.0249. The molecule has 16 heavy (non-hydrogen) atoms. The first-order valence-electron chi connectivity index (χ1n) is 5.29. The van der Waals surface area contributed by atoms with Crippen LogP contribution in [0, 0.1) is 0 Å². The maximum atomic E-state index is 11.9. The summed E-state index contributed by atoms with van der Waals surface area (Å²) in [5.41, 5.74) is 7.80. The van der Waals surface area contributed by atoms with Crippen LogP contribution < -0.4 is 11.1 Å². The summed E-state index contributed by atoms with van der Waals surface area (Å²) >= 11 is 0. The molecule has 0 unspecified atom stereocenters. The van der Waals surface area contributed by atoms with Crippen molar-refractivity contribution < 1.29 is 4.79 Å². The molecule has 1 rings (SSSR count). The molecule has 0 fully saturated rings. The van der Waals surface area contributed by atoms with E-state index in [0.717, 1.165) is 5.69 Å². The average Bonchev–Trinajstić information content (AvgIpc) is 2.15. The second-order valence-corrected chi connectivity index (χ2v) is 4.30. The zero-order valence-corrected chi connectivity index (χ0v) is 10.2. The molecule has 0 heterocycles. The highest BCUT2D eigenvalue weighted by Crippen LogP contribution is 2.21. The van der Waals surface area contributed by atoms with E-state index in [0.29, 0.717) is 11.3 Å². The van der Waals surface area contributed by atoms with Crippen molar-refractivity contribution in [1.29, 1.82) is 0 Å². The number of hydrogen-bond acceptors (Lipinski definition) is 3. The Morgan fingerprint density at radius 3 is 2.50 bits per heavy atom. The second-order valence-electron chi connectivity index (χ2n) is 4.30. The Morgan fingerprint density at radius 1 is 1.38 bits per heavy atom. The van der Waals surface area contributed by atoms with Gasteiger partial charge in [0.1, 0.15) is 0 Å². The van der Waals surface area contributed by atoms with Crippen LogP contribution in [0.15, 0.2) is 18.2 Å². The number of nitrogens with zero attached hydrogens (tertiary/aromatic N) is 1. The van der Waals surface area contributed by atoms with Gasteiger partial charge in [-0.05, 0) is 32.0 Å². The number of rotatable bonds is 3. The van der Waals surface area contributed by atoms with E-state index in [1.165, 1.54) is 0 Å². The van der Waals surface area contributed by atoms with Gasteiger partial charge in [0, 0.05) is 31.5 Å². The molecule has 0 aliphatic rings. The summed E-state index contributed by atoms with van der Waals surface area (Å²) in [5, 5.41) is 3.22. The van der Waals surface area contributed by atoms with Crippen molar-refractivity contribution in [3.63, 3.8) is 0 Å². The van der Waals surface area contributed by atoms with Crippen LogP contribution in [0.2, 0.25) is 0 Å².